The third-order valence-corrected chi connectivity index (χ3v) is 4.91. The Morgan fingerprint density at radius 3 is 2.54 bits per heavy atom. The van der Waals surface area contributed by atoms with Crippen LogP contribution < -0.4 is 10.1 Å². The van der Waals surface area contributed by atoms with Crippen molar-refractivity contribution in [3.63, 3.8) is 0 Å². The molecular weight excluding hydrogens is 453 g/mol. The summed E-state index contributed by atoms with van der Waals surface area (Å²) in [7, 11) is 0. The molecule has 9 nitrogen and oxygen atoms in total. The Bertz CT molecular complexity index is 1370. The van der Waals surface area contributed by atoms with Gasteiger partial charge in [-0.15, -0.1) is 5.10 Å². The van der Waals surface area contributed by atoms with Gasteiger partial charge in [0.25, 0.3) is 11.6 Å². The molecule has 0 spiro atoms. The number of carbonyl (C=O) groups excluding carboxylic acids is 1. The quantitative estimate of drug-likeness (QED) is 0.274. The second-order valence-electron chi connectivity index (χ2n) is 8.15. The molecule has 1 N–H and O–H groups in total. The van der Waals surface area contributed by atoms with E-state index in [0.29, 0.717) is 29.4 Å². The van der Waals surface area contributed by atoms with E-state index in [0.717, 1.165) is 0 Å². The lowest BCUT2D eigenvalue weighted by molar-refractivity contribution is -0.384. The van der Waals surface area contributed by atoms with Crippen molar-refractivity contribution in [1.29, 1.82) is 0 Å². The van der Waals surface area contributed by atoms with Crippen LogP contribution >= 0.6 is 0 Å². The van der Waals surface area contributed by atoms with Gasteiger partial charge in [0.1, 0.15) is 5.82 Å². The van der Waals surface area contributed by atoms with E-state index in [1.54, 1.807) is 36.4 Å². The molecule has 10 heteroatoms. The molecule has 0 aliphatic carbocycles. The van der Waals surface area contributed by atoms with E-state index in [4.69, 9.17) is 4.74 Å². The largest absolute Gasteiger partial charge is 0.462 e. The molecule has 0 unspecified atom stereocenters. The van der Waals surface area contributed by atoms with Crippen LogP contribution in [-0.4, -0.2) is 32.2 Å². The summed E-state index contributed by atoms with van der Waals surface area (Å²) < 4.78 is 21.1. The molecule has 4 aromatic rings. The van der Waals surface area contributed by atoms with Gasteiger partial charge >= 0.3 is 6.01 Å². The molecule has 0 saturated heterocycles. The summed E-state index contributed by atoms with van der Waals surface area (Å²) in [5, 5.41) is 18.1. The zero-order valence-electron chi connectivity index (χ0n) is 19.0. The summed E-state index contributed by atoms with van der Waals surface area (Å²) in [6.45, 7) is 4.44. The first-order valence-electron chi connectivity index (χ1n) is 10.8. The van der Waals surface area contributed by atoms with Crippen LogP contribution in [0.5, 0.6) is 6.01 Å². The van der Waals surface area contributed by atoms with Crippen LogP contribution in [0.15, 0.2) is 72.8 Å². The van der Waals surface area contributed by atoms with Gasteiger partial charge in [0.05, 0.1) is 17.2 Å². The summed E-state index contributed by atoms with van der Waals surface area (Å²) in [4.78, 5) is 27.4. The molecule has 0 aliphatic heterocycles. The number of nitro benzene ring substituents is 1. The van der Waals surface area contributed by atoms with E-state index in [1.807, 2.05) is 13.8 Å². The van der Waals surface area contributed by atoms with E-state index in [9.17, 15) is 19.3 Å². The highest BCUT2D eigenvalue weighted by Crippen LogP contribution is 2.25. The standard InChI is InChI=1S/C25H22FN5O4/c1-16(2)15-35-25-28-23(17-5-3-7-19(26)13-17)30(29-25)21-11-9-20(10-12-21)27-24(32)18-6-4-8-22(14-18)31(33)34/h3-14,16H,15H2,1-2H3,(H,27,32). The lowest BCUT2D eigenvalue weighted by Crippen LogP contribution is -2.12. The maximum absolute atomic E-state index is 13.9. The number of anilines is 1. The molecule has 0 bridgehead atoms. The number of rotatable bonds is 8. The monoisotopic (exact) mass is 475 g/mol. The number of ether oxygens (including phenoxy) is 1. The van der Waals surface area contributed by atoms with Crippen LogP contribution in [0, 0.1) is 21.8 Å². The minimum Gasteiger partial charge on any atom is -0.462 e. The van der Waals surface area contributed by atoms with Gasteiger partial charge in [0.2, 0.25) is 0 Å². The highest BCUT2D eigenvalue weighted by molar-refractivity contribution is 6.04. The summed E-state index contributed by atoms with van der Waals surface area (Å²) >= 11 is 0. The Balaban J connectivity index is 1.60. The fraction of sp³-hybridized carbons (Fsp3) is 0.160. The molecule has 3 aromatic carbocycles. The summed E-state index contributed by atoms with van der Waals surface area (Å²) in [5.41, 5.74) is 1.62. The summed E-state index contributed by atoms with van der Waals surface area (Å²) in [6, 6.07) is 18.4. The smallest absolute Gasteiger partial charge is 0.336 e. The Morgan fingerprint density at radius 2 is 1.86 bits per heavy atom. The van der Waals surface area contributed by atoms with Crippen LogP contribution in [0.25, 0.3) is 17.1 Å². The van der Waals surface area contributed by atoms with Gasteiger partial charge in [-0.2, -0.15) is 4.98 Å². The molecule has 4 rings (SSSR count). The second-order valence-corrected chi connectivity index (χ2v) is 8.15. The number of aromatic nitrogens is 3. The zero-order chi connectivity index (χ0) is 24.9. The fourth-order valence-corrected chi connectivity index (χ4v) is 3.24. The minimum absolute atomic E-state index is 0.167. The number of amides is 1. The van der Waals surface area contributed by atoms with Crippen molar-refractivity contribution >= 4 is 17.3 Å². The average Bonchev–Trinajstić information content (AvgIpc) is 3.28. The maximum atomic E-state index is 13.9. The van der Waals surface area contributed by atoms with Crippen LogP contribution in [0.4, 0.5) is 15.8 Å². The molecule has 0 atom stereocenters. The number of nitrogens with one attached hydrogen (secondary N) is 1. The Kier molecular flexibility index (Phi) is 6.81. The Hall–Kier alpha value is -4.60. The minimum atomic E-state index is -0.557. The van der Waals surface area contributed by atoms with E-state index in [2.05, 4.69) is 15.4 Å². The fourth-order valence-electron chi connectivity index (χ4n) is 3.24. The van der Waals surface area contributed by atoms with Gasteiger partial charge < -0.3 is 10.1 Å². The third-order valence-electron chi connectivity index (χ3n) is 4.91. The normalized spacial score (nSPS) is 10.9. The van der Waals surface area contributed by atoms with E-state index >= 15 is 0 Å². The van der Waals surface area contributed by atoms with E-state index in [1.165, 1.54) is 41.1 Å². The molecule has 0 fully saturated rings. The molecule has 1 aromatic heterocycles. The summed E-state index contributed by atoms with van der Waals surface area (Å²) in [6.07, 6.45) is 0. The van der Waals surface area contributed by atoms with Gasteiger partial charge in [-0.3, -0.25) is 14.9 Å². The van der Waals surface area contributed by atoms with Crippen molar-refractivity contribution in [2.45, 2.75) is 13.8 Å². The van der Waals surface area contributed by atoms with Crippen molar-refractivity contribution in [3.05, 3.63) is 94.3 Å². The zero-order valence-corrected chi connectivity index (χ0v) is 19.0. The molecule has 0 aliphatic rings. The number of carbonyl (C=O) groups is 1. The molecule has 1 amide bonds. The SMILES string of the molecule is CC(C)COc1nc(-c2cccc(F)c2)n(-c2ccc(NC(=O)c3cccc([N+](=O)[O-])c3)cc2)n1. The van der Waals surface area contributed by atoms with Crippen molar-refractivity contribution in [3.8, 4) is 23.1 Å². The molecule has 1 heterocycles. The van der Waals surface area contributed by atoms with E-state index in [-0.39, 0.29) is 23.2 Å². The van der Waals surface area contributed by atoms with Crippen LogP contribution in [0.2, 0.25) is 0 Å². The first-order valence-corrected chi connectivity index (χ1v) is 10.8. The second kappa shape index (κ2) is 10.1. The predicted molar refractivity (Wildman–Crippen MR) is 128 cm³/mol. The lowest BCUT2D eigenvalue weighted by atomic mass is 10.2. The van der Waals surface area contributed by atoms with Crippen LogP contribution in [0.3, 0.4) is 0 Å². The highest BCUT2D eigenvalue weighted by atomic mass is 19.1. The highest BCUT2D eigenvalue weighted by Gasteiger charge is 2.16. The predicted octanol–water partition coefficient (Wildman–Crippen LogP) is 5.27. The molecule has 0 saturated carbocycles. The topological polar surface area (TPSA) is 112 Å². The Morgan fingerprint density at radius 1 is 1.11 bits per heavy atom. The third kappa shape index (κ3) is 5.67. The first-order chi connectivity index (χ1) is 16.8. The number of halogens is 1. The van der Waals surface area contributed by atoms with Crippen LogP contribution in [0.1, 0.15) is 24.2 Å². The van der Waals surface area contributed by atoms with Gasteiger partial charge in [0.15, 0.2) is 5.82 Å². The Labute approximate surface area is 200 Å². The average molecular weight is 475 g/mol. The first kappa shape index (κ1) is 23.6. The number of nitrogens with zero attached hydrogens (tertiary/aromatic N) is 4. The van der Waals surface area contributed by atoms with Gasteiger partial charge in [-0.05, 0) is 48.4 Å². The van der Waals surface area contributed by atoms with Crippen LogP contribution in [-0.2, 0) is 0 Å². The molecule has 178 valence electrons. The number of hydrogen-bond acceptors (Lipinski definition) is 6. The number of hydrogen-bond donors (Lipinski definition) is 1. The van der Waals surface area contributed by atoms with Crippen molar-refractivity contribution < 1.29 is 18.8 Å². The number of benzene rings is 3. The molecule has 35 heavy (non-hydrogen) atoms. The van der Waals surface area contributed by atoms with Crippen molar-refractivity contribution in [1.82, 2.24) is 14.8 Å². The number of non-ortho nitro benzene ring substituents is 1. The van der Waals surface area contributed by atoms with E-state index < -0.39 is 16.6 Å². The lowest BCUT2D eigenvalue weighted by Gasteiger charge is -2.09. The maximum Gasteiger partial charge on any atom is 0.336 e. The molecular formula is C25H22FN5O4. The summed E-state index contributed by atoms with van der Waals surface area (Å²) in [5.74, 6) is -0.210. The van der Waals surface area contributed by atoms with Crippen molar-refractivity contribution in [2.24, 2.45) is 5.92 Å². The number of nitro groups is 1. The van der Waals surface area contributed by atoms with Gasteiger partial charge in [-0.1, -0.05) is 32.0 Å². The van der Waals surface area contributed by atoms with Gasteiger partial charge in [-0.25, -0.2) is 9.07 Å². The van der Waals surface area contributed by atoms with Gasteiger partial charge in [0, 0.05) is 28.9 Å². The van der Waals surface area contributed by atoms with Crippen molar-refractivity contribution in [2.75, 3.05) is 11.9 Å². The molecule has 0 radical (unpaired) electrons.